The highest BCUT2D eigenvalue weighted by Crippen LogP contribution is 2.14. The number of likely N-dealkylation sites (N-methyl/N-ethyl adjacent to an activating group) is 1. The highest BCUT2D eigenvalue weighted by atomic mass is 127. The number of nitrogens with one attached hydrogen (secondary N) is 1. The Bertz CT molecular complexity index is 297. The van der Waals surface area contributed by atoms with Gasteiger partial charge in [0.15, 0.2) is 0 Å². The average molecular weight is 349 g/mol. The summed E-state index contributed by atoms with van der Waals surface area (Å²) in [4.78, 5) is 0. The van der Waals surface area contributed by atoms with Crippen molar-refractivity contribution in [3.63, 3.8) is 0 Å². The predicted octanol–water partition coefficient (Wildman–Crippen LogP) is 3.56. The summed E-state index contributed by atoms with van der Waals surface area (Å²) in [5, 5.41) is 4.11. The lowest BCUT2D eigenvalue weighted by molar-refractivity contribution is 0.616. The van der Waals surface area contributed by atoms with Gasteiger partial charge in [0.2, 0.25) is 0 Å². The van der Waals surface area contributed by atoms with Gasteiger partial charge in [-0.3, -0.25) is 0 Å². The normalized spacial score (nSPS) is 13.1. The van der Waals surface area contributed by atoms with Crippen LogP contribution in [0.4, 0.5) is 0 Å². The highest BCUT2D eigenvalue weighted by Gasteiger charge is 2.08. The summed E-state index contributed by atoms with van der Waals surface area (Å²) in [7, 11) is 2.05. The van der Waals surface area contributed by atoms with E-state index in [4.69, 9.17) is 0 Å². The van der Waals surface area contributed by atoms with Crippen molar-refractivity contribution in [1.82, 2.24) is 5.32 Å². The van der Waals surface area contributed by atoms with E-state index in [9.17, 15) is 0 Å². The van der Waals surface area contributed by atoms with Crippen LogP contribution in [0.5, 0.6) is 0 Å². The molecule has 90 valence electrons. The van der Waals surface area contributed by atoms with Gasteiger partial charge in [-0.2, -0.15) is 11.8 Å². The smallest absolute Gasteiger partial charge is 0.0195 e. The molecule has 0 spiro atoms. The van der Waals surface area contributed by atoms with Gasteiger partial charge in [-0.25, -0.2) is 0 Å². The van der Waals surface area contributed by atoms with Gasteiger partial charge in [0, 0.05) is 15.4 Å². The lowest BCUT2D eigenvalue weighted by Gasteiger charge is -2.17. The zero-order valence-corrected chi connectivity index (χ0v) is 13.1. The standard InChI is InChI=1S/C13H20INS/c1-10(2)16-9-13(15-3)8-11-4-6-12(14)7-5-11/h4-7,10,13,15H,8-9H2,1-3H3. The van der Waals surface area contributed by atoms with Gasteiger partial charge < -0.3 is 5.32 Å². The second-order valence-corrected chi connectivity index (χ2v) is 7.05. The number of benzene rings is 1. The zero-order valence-electron chi connectivity index (χ0n) is 10.2. The lowest BCUT2D eigenvalue weighted by atomic mass is 10.1. The number of halogens is 1. The van der Waals surface area contributed by atoms with Crippen LogP contribution in [0.2, 0.25) is 0 Å². The quantitative estimate of drug-likeness (QED) is 0.788. The van der Waals surface area contributed by atoms with Crippen LogP contribution in [-0.4, -0.2) is 24.1 Å². The maximum Gasteiger partial charge on any atom is 0.0195 e. The highest BCUT2D eigenvalue weighted by molar-refractivity contribution is 14.1. The lowest BCUT2D eigenvalue weighted by Crippen LogP contribution is -2.30. The molecule has 16 heavy (non-hydrogen) atoms. The van der Waals surface area contributed by atoms with Crippen LogP contribution in [0.25, 0.3) is 0 Å². The monoisotopic (exact) mass is 349 g/mol. The van der Waals surface area contributed by atoms with Gasteiger partial charge in [0.25, 0.3) is 0 Å². The molecule has 0 aliphatic rings. The average Bonchev–Trinajstić information content (AvgIpc) is 2.26. The van der Waals surface area contributed by atoms with E-state index in [2.05, 4.69) is 73.1 Å². The van der Waals surface area contributed by atoms with Crippen molar-refractivity contribution in [3.8, 4) is 0 Å². The molecule has 0 saturated heterocycles. The van der Waals surface area contributed by atoms with Gasteiger partial charge in [-0.15, -0.1) is 0 Å². The summed E-state index contributed by atoms with van der Waals surface area (Å²) < 4.78 is 1.30. The summed E-state index contributed by atoms with van der Waals surface area (Å²) in [5.41, 5.74) is 1.42. The van der Waals surface area contributed by atoms with E-state index in [0.29, 0.717) is 11.3 Å². The number of rotatable bonds is 6. The maximum absolute atomic E-state index is 3.40. The van der Waals surface area contributed by atoms with E-state index < -0.39 is 0 Å². The first-order valence-electron chi connectivity index (χ1n) is 5.65. The molecule has 0 aliphatic heterocycles. The number of hydrogen-bond donors (Lipinski definition) is 1. The fraction of sp³-hybridized carbons (Fsp3) is 0.538. The SMILES string of the molecule is CNC(CSC(C)C)Cc1ccc(I)cc1. The molecule has 0 saturated carbocycles. The molecule has 0 fully saturated rings. The van der Waals surface area contributed by atoms with E-state index in [1.54, 1.807) is 0 Å². The molecular weight excluding hydrogens is 329 g/mol. The van der Waals surface area contributed by atoms with Crippen molar-refractivity contribution in [2.45, 2.75) is 31.6 Å². The zero-order chi connectivity index (χ0) is 12.0. The summed E-state index contributed by atoms with van der Waals surface area (Å²) >= 11 is 4.37. The Morgan fingerprint density at radius 1 is 1.25 bits per heavy atom. The molecule has 1 unspecified atom stereocenters. The van der Waals surface area contributed by atoms with E-state index in [1.165, 1.54) is 14.9 Å². The van der Waals surface area contributed by atoms with E-state index in [0.717, 1.165) is 6.42 Å². The Labute approximate surface area is 117 Å². The Morgan fingerprint density at radius 2 is 1.88 bits per heavy atom. The van der Waals surface area contributed by atoms with Crippen LogP contribution >= 0.6 is 34.4 Å². The van der Waals surface area contributed by atoms with Crippen LogP contribution in [0, 0.1) is 3.57 Å². The molecule has 3 heteroatoms. The van der Waals surface area contributed by atoms with Gasteiger partial charge in [0.1, 0.15) is 0 Å². The van der Waals surface area contributed by atoms with E-state index in [1.807, 2.05) is 11.8 Å². The summed E-state index contributed by atoms with van der Waals surface area (Å²) in [6, 6.07) is 9.39. The third-order valence-electron chi connectivity index (χ3n) is 2.43. The van der Waals surface area contributed by atoms with Crippen LogP contribution in [0.15, 0.2) is 24.3 Å². The summed E-state index contributed by atoms with van der Waals surface area (Å²) in [5.74, 6) is 1.18. The van der Waals surface area contributed by atoms with E-state index >= 15 is 0 Å². The molecule has 0 heterocycles. The maximum atomic E-state index is 3.40. The fourth-order valence-electron chi connectivity index (χ4n) is 1.46. The van der Waals surface area contributed by atoms with Gasteiger partial charge in [0.05, 0.1) is 0 Å². The molecule has 0 radical (unpaired) electrons. The number of thioether (sulfide) groups is 1. The minimum absolute atomic E-state index is 0.576. The van der Waals surface area contributed by atoms with Crippen molar-refractivity contribution in [2.75, 3.05) is 12.8 Å². The third kappa shape index (κ3) is 5.55. The van der Waals surface area contributed by atoms with Crippen molar-refractivity contribution in [3.05, 3.63) is 33.4 Å². The first kappa shape index (κ1) is 14.3. The Balaban J connectivity index is 2.46. The van der Waals surface area contributed by atoms with Crippen LogP contribution in [0.3, 0.4) is 0 Å². The van der Waals surface area contributed by atoms with Gasteiger partial charge in [-0.1, -0.05) is 26.0 Å². The molecule has 0 amide bonds. The van der Waals surface area contributed by atoms with Crippen LogP contribution < -0.4 is 5.32 Å². The molecule has 1 aromatic rings. The van der Waals surface area contributed by atoms with Crippen molar-refractivity contribution < 1.29 is 0 Å². The van der Waals surface area contributed by atoms with Crippen LogP contribution in [0.1, 0.15) is 19.4 Å². The largest absolute Gasteiger partial charge is 0.316 e. The summed E-state index contributed by atoms with van der Waals surface area (Å²) in [6.07, 6.45) is 1.12. The first-order chi connectivity index (χ1) is 7.61. The molecule has 0 bridgehead atoms. The molecule has 1 rings (SSSR count). The van der Waals surface area contributed by atoms with Crippen molar-refractivity contribution in [1.29, 1.82) is 0 Å². The topological polar surface area (TPSA) is 12.0 Å². The number of hydrogen-bond acceptors (Lipinski definition) is 2. The molecule has 0 aliphatic carbocycles. The van der Waals surface area contributed by atoms with Crippen LogP contribution in [-0.2, 0) is 6.42 Å². The Morgan fingerprint density at radius 3 is 2.38 bits per heavy atom. The minimum Gasteiger partial charge on any atom is -0.316 e. The third-order valence-corrected chi connectivity index (χ3v) is 4.42. The summed E-state index contributed by atoms with van der Waals surface area (Å²) in [6.45, 7) is 4.50. The molecular formula is C13H20INS. The minimum atomic E-state index is 0.576. The van der Waals surface area contributed by atoms with Gasteiger partial charge in [-0.05, 0) is 59.0 Å². The Hall–Kier alpha value is 0.260. The van der Waals surface area contributed by atoms with Crippen molar-refractivity contribution >= 4 is 34.4 Å². The molecule has 1 nitrogen and oxygen atoms in total. The predicted molar refractivity (Wildman–Crippen MR) is 83.3 cm³/mol. The molecule has 0 aromatic heterocycles. The Kier molecular flexibility index (Phi) is 6.77. The fourth-order valence-corrected chi connectivity index (χ4v) is 2.72. The van der Waals surface area contributed by atoms with Gasteiger partial charge >= 0.3 is 0 Å². The van der Waals surface area contributed by atoms with E-state index in [-0.39, 0.29) is 0 Å². The first-order valence-corrected chi connectivity index (χ1v) is 7.78. The molecule has 1 atom stereocenters. The van der Waals surface area contributed by atoms with Crippen molar-refractivity contribution in [2.24, 2.45) is 0 Å². The molecule has 1 N–H and O–H groups in total. The second-order valence-electron chi connectivity index (χ2n) is 4.20. The molecule has 1 aromatic carbocycles. The second kappa shape index (κ2) is 7.56.